The zero-order chi connectivity index (χ0) is 8.44. The molecule has 0 unspecified atom stereocenters. The van der Waals surface area contributed by atoms with Gasteiger partial charge in [0, 0.05) is 12.8 Å². The van der Waals surface area contributed by atoms with Crippen molar-refractivity contribution >= 4 is 6.29 Å². The van der Waals surface area contributed by atoms with Gasteiger partial charge < -0.3 is 14.3 Å². The summed E-state index contributed by atoms with van der Waals surface area (Å²) in [6.45, 7) is 0.783. The Labute approximate surface area is 72.0 Å². The zero-order valence-corrected chi connectivity index (χ0v) is 7.12. The van der Waals surface area contributed by atoms with Crippen LogP contribution in [0, 0.1) is 0 Å². The van der Waals surface area contributed by atoms with Crippen LogP contribution in [0.2, 0.25) is 0 Å². The van der Waals surface area contributed by atoms with Gasteiger partial charge in [0.1, 0.15) is 12.4 Å². The highest BCUT2D eigenvalue weighted by molar-refractivity contribution is 5.56. The first-order valence-corrected chi connectivity index (χ1v) is 4.62. The number of rotatable bonds is 1. The second kappa shape index (κ2) is 3.15. The molecule has 0 amide bonds. The molecule has 2 aliphatic rings. The SMILES string of the molecule is O=C[C@@H]1CC[C@@]2(CCCCO2)O1. The largest absolute Gasteiger partial charge is 0.350 e. The third-order valence-corrected chi connectivity index (χ3v) is 2.64. The van der Waals surface area contributed by atoms with Gasteiger partial charge in [-0.1, -0.05) is 0 Å². The molecule has 2 atom stereocenters. The van der Waals surface area contributed by atoms with Crippen LogP contribution >= 0.6 is 0 Å². The van der Waals surface area contributed by atoms with Crippen LogP contribution in [-0.4, -0.2) is 24.8 Å². The molecular formula is C9H14O3. The third kappa shape index (κ3) is 1.39. The molecule has 2 saturated heterocycles. The van der Waals surface area contributed by atoms with Crippen LogP contribution in [0.1, 0.15) is 32.1 Å². The van der Waals surface area contributed by atoms with Gasteiger partial charge in [-0.25, -0.2) is 0 Å². The standard InChI is InChI=1S/C9H14O3/c10-7-8-3-5-9(12-8)4-1-2-6-11-9/h7-8H,1-6H2/t8-,9+/m0/s1. The molecule has 2 rings (SSSR count). The Balaban J connectivity index is 1.98. The Kier molecular flexibility index (Phi) is 2.15. The van der Waals surface area contributed by atoms with E-state index in [1.54, 1.807) is 0 Å². The van der Waals surface area contributed by atoms with Crippen molar-refractivity contribution < 1.29 is 14.3 Å². The van der Waals surface area contributed by atoms with Crippen LogP contribution < -0.4 is 0 Å². The fourth-order valence-electron chi connectivity index (χ4n) is 1.97. The molecule has 2 heterocycles. The van der Waals surface area contributed by atoms with Crippen LogP contribution in [0.25, 0.3) is 0 Å². The normalized spacial score (nSPS) is 41.8. The summed E-state index contributed by atoms with van der Waals surface area (Å²) in [5.41, 5.74) is 0. The van der Waals surface area contributed by atoms with E-state index < -0.39 is 0 Å². The smallest absolute Gasteiger partial charge is 0.169 e. The maximum absolute atomic E-state index is 10.5. The lowest BCUT2D eigenvalue weighted by Crippen LogP contribution is -2.36. The van der Waals surface area contributed by atoms with Crippen molar-refractivity contribution in [1.82, 2.24) is 0 Å². The van der Waals surface area contributed by atoms with E-state index in [-0.39, 0.29) is 11.9 Å². The summed E-state index contributed by atoms with van der Waals surface area (Å²) in [5.74, 6) is -0.385. The first-order chi connectivity index (χ1) is 5.85. The molecule has 2 aliphatic heterocycles. The number of ether oxygens (including phenoxy) is 2. The predicted octanol–water partition coefficient (Wildman–Crippen LogP) is 1.26. The van der Waals surface area contributed by atoms with Crippen molar-refractivity contribution in [3.8, 4) is 0 Å². The zero-order valence-electron chi connectivity index (χ0n) is 7.12. The van der Waals surface area contributed by atoms with Gasteiger partial charge in [-0.3, -0.25) is 0 Å². The maximum atomic E-state index is 10.5. The molecule has 2 fully saturated rings. The summed E-state index contributed by atoms with van der Waals surface area (Å²) in [5, 5.41) is 0. The minimum absolute atomic E-state index is 0.219. The summed E-state index contributed by atoms with van der Waals surface area (Å²) in [7, 11) is 0. The highest BCUT2D eigenvalue weighted by atomic mass is 16.7. The Bertz CT molecular complexity index is 173. The topological polar surface area (TPSA) is 35.5 Å². The molecule has 0 N–H and O–H groups in total. The lowest BCUT2D eigenvalue weighted by atomic mass is 10.0. The number of carbonyl (C=O) groups excluding carboxylic acids is 1. The van der Waals surface area contributed by atoms with Crippen LogP contribution in [0.15, 0.2) is 0 Å². The Hall–Kier alpha value is -0.410. The second-order valence-electron chi connectivity index (χ2n) is 3.55. The molecule has 3 nitrogen and oxygen atoms in total. The average Bonchev–Trinajstić information content (AvgIpc) is 2.50. The minimum Gasteiger partial charge on any atom is -0.350 e. The molecule has 1 spiro atoms. The molecule has 0 aliphatic carbocycles. The highest BCUT2D eigenvalue weighted by Crippen LogP contribution is 2.37. The minimum atomic E-state index is -0.385. The van der Waals surface area contributed by atoms with E-state index in [0.29, 0.717) is 0 Å². The van der Waals surface area contributed by atoms with Crippen LogP contribution in [0.3, 0.4) is 0 Å². The van der Waals surface area contributed by atoms with Crippen molar-refractivity contribution in [1.29, 1.82) is 0 Å². The Morgan fingerprint density at radius 2 is 2.25 bits per heavy atom. The first-order valence-electron chi connectivity index (χ1n) is 4.62. The quantitative estimate of drug-likeness (QED) is 0.556. The summed E-state index contributed by atoms with van der Waals surface area (Å²) in [4.78, 5) is 10.5. The van der Waals surface area contributed by atoms with Gasteiger partial charge in [0.2, 0.25) is 0 Å². The molecule has 3 heteroatoms. The molecular weight excluding hydrogens is 156 g/mol. The Morgan fingerprint density at radius 1 is 1.33 bits per heavy atom. The molecule has 68 valence electrons. The van der Waals surface area contributed by atoms with Crippen molar-refractivity contribution in [3.05, 3.63) is 0 Å². The first kappa shape index (κ1) is 8.20. The summed E-state index contributed by atoms with van der Waals surface area (Å²) < 4.78 is 11.1. The fourth-order valence-corrected chi connectivity index (χ4v) is 1.97. The van der Waals surface area contributed by atoms with Gasteiger partial charge in [0.25, 0.3) is 0 Å². The van der Waals surface area contributed by atoms with Gasteiger partial charge >= 0.3 is 0 Å². The summed E-state index contributed by atoms with van der Waals surface area (Å²) in [6.07, 6.45) is 5.61. The van der Waals surface area contributed by atoms with E-state index in [9.17, 15) is 4.79 Å². The van der Waals surface area contributed by atoms with E-state index in [1.807, 2.05) is 0 Å². The average molecular weight is 170 g/mol. The van der Waals surface area contributed by atoms with Crippen molar-refractivity contribution in [2.24, 2.45) is 0 Å². The van der Waals surface area contributed by atoms with Crippen molar-refractivity contribution in [3.63, 3.8) is 0 Å². The van der Waals surface area contributed by atoms with Gasteiger partial charge in [-0.2, -0.15) is 0 Å². The fraction of sp³-hybridized carbons (Fsp3) is 0.889. The molecule has 0 aromatic rings. The van der Waals surface area contributed by atoms with E-state index >= 15 is 0 Å². The van der Waals surface area contributed by atoms with Crippen LogP contribution in [-0.2, 0) is 14.3 Å². The van der Waals surface area contributed by atoms with Gasteiger partial charge in [0.05, 0.1) is 6.61 Å². The number of hydrogen-bond donors (Lipinski definition) is 0. The molecule has 0 radical (unpaired) electrons. The molecule has 0 aromatic carbocycles. The van der Waals surface area contributed by atoms with Crippen LogP contribution in [0.5, 0.6) is 0 Å². The lowest BCUT2D eigenvalue weighted by molar-refractivity contribution is -0.240. The monoisotopic (exact) mass is 170 g/mol. The van der Waals surface area contributed by atoms with Crippen molar-refractivity contribution in [2.45, 2.75) is 44.0 Å². The van der Waals surface area contributed by atoms with Gasteiger partial charge in [0.15, 0.2) is 5.79 Å². The molecule has 0 aromatic heterocycles. The predicted molar refractivity (Wildman–Crippen MR) is 42.7 cm³/mol. The second-order valence-corrected chi connectivity index (χ2v) is 3.55. The maximum Gasteiger partial charge on any atom is 0.169 e. The Morgan fingerprint density at radius 3 is 2.83 bits per heavy atom. The van der Waals surface area contributed by atoms with Crippen LogP contribution in [0.4, 0.5) is 0 Å². The number of hydrogen-bond acceptors (Lipinski definition) is 3. The molecule has 0 saturated carbocycles. The molecule has 12 heavy (non-hydrogen) atoms. The number of aldehydes is 1. The summed E-state index contributed by atoms with van der Waals surface area (Å²) >= 11 is 0. The lowest BCUT2D eigenvalue weighted by Gasteiger charge is -2.32. The number of carbonyl (C=O) groups is 1. The van der Waals surface area contributed by atoms with E-state index in [4.69, 9.17) is 9.47 Å². The van der Waals surface area contributed by atoms with Gasteiger partial charge in [-0.05, 0) is 19.3 Å². The van der Waals surface area contributed by atoms with E-state index in [1.165, 1.54) is 0 Å². The summed E-state index contributed by atoms with van der Waals surface area (Å²) in [6, 6.07) is 0. The van der Waals surface area contributed by atoms with E-state index in [0.717, 1.165) is 45.0 Å². The molecule has 0 bridgehead atoms. The third-order valence-electron chi connectivity index (χ3n) is 2.64. The van der Waals surface area contributed by atoms with E-state index in [2.05, 4.69) is 0 Å². The van der Waals surface area contributed by atoms with Gasteiger partial charge in [-0.15, -0.1) is 0 Å². The van der Waals surface area contributed by atoms with Crippen molar-refractivity contribution in [2.75, 3.05) is 6.61 Å². The highest BCUT2D eigenvalue weighted by Gasteiger charge is 2.42.